The summed E-state index contributed by atoms with van der Waals surface area (Å²) in [5.74, 6) is -0.408. The minimum atomic E-state index is -0.491. The van der Waals surface area contributed by atoms with Gasteiger partial charge in [0, 0.05) is 41.0 Å². The third kappa shape index (κ3) is 5.75. The van der Waals surface area contributed by atoms with E-state index in [4.69, 9.17) is 32.7 Å². The molecule has 0 radical (unpaired) electrons. The van der Waals surface area contributed by atoms with E-state index in [0.29, 0.717) is 21.3 Å². The normalized spacial score (nSPS) is 11.0. The molecule has 176 valence electrons. The van der Waals surface area contributed by atoms with Crippen LogP contribution < -0.4 is 10.2 Å². The molecule has 0 aliphatic heterocycles. The Morgan fingerprint density at radius 2 is 2.00 bits per heavy atom. The molecule has 0 bridgehead atoms. The molecule has 0 fully saturated rings. The summed E-state index contributed by atoms with van der Waals surface area (Å²) >= 11 is 12.2. The maximum Gasteiger partial charge on any atom is 0.278 e. The molecule has 0 aliphatic carbocycles. The average Bonchev–Trinajstić information content (AvgIpc) is 3.07. The molecule has 2 aromatic heterocycles. The van der Waals surface area contributed by atoms with Crippen LogP contribution in [0.5, 0.6) is 5.88 Å². The Balaban J connectivity index is 1.67. The lowest BCUT2D eigenvalue weighted by atomic mass is 10.1. The highest BCUT2D eigenvalue weighted by Gasteiger charge is 2.15. The van der Waals surface area contributed by atoms with Crippen molar-refractivity contribution in [3.8, 4) is 17.6 Å². The first-order chi connectivity index (χ1) is 16.2. The molecule has 3 aromatic rings. The monoisotopic (exact) mass is 499 g/mol. The maximum absolute atomic E-state index is 12.2. The fourth-order valence-electron chi connectivity index (χ4n) is 3.48. The second kappa shape index (κ2) is 11.2. The molecule has 1 aromatic carbocycles. The molecule has 1 amide bonds. The highest BCUT2D eigenvalue weighted by molar-refractivity contribution is 6.42. The molecule has 8 nitrogen and oxygen atoms in total. The zero-order chi connectivity index (χ0) is 24.8. The number of nitriles is 1. The second-order valence-corrected chi connectivity index (χ2v) is 8.30. The smallest absolute Gasteiger partial charge is 0.278 e. The number of amides is 1. The van der Waals surface area contributed by atoms with Gasteiger partial charge in [0.1, 0.15) is 11.6 Å². The van der Waals surface area contributed by atoms with Crippen LogP contribution in [0.1, 0.15) is 33.8 Å². The van der Waals surface area contributed by atoms with Crippen LogP contribution in [0.3, 0.4) is 0 Å². The maximum atomic E-state index is 12.2. The highest BCUT2D eigenvalue weighted by Crippen LogP contribution is 2.27. The fourth-order valence-corrected chi connectivity index (χ4v) is 3.78. The van der Waals surface area contributed by atoms with Crippen molar-refractivity contribution < 1.29 is 14.3 Å². The quantitative estimate of drug-likeness (QED) is 0.358. The first-order valence-electron chi connectivity index (χ1n) is 10.2. The Labute approximate surface area is 207 Å². The van der Waals surface area contributed by atoms with E-state index < -0.39 is 5.91 Å². The first-order valence-corrected chi connectivity index (χ1v) is 11.0. The van der Waals surface area contributed by atoms with Gasteiger partial charge in [0.05, 0.1) is 22.9 Å². The lowest BCUT2D eigenvalue weighted by molar-refractivity contribution is -0.123. The second-order valence-electron chi connectivity index (χ2n) is 7.49. The van der Waals surface area contributed by atoms with E-state index in [0.717, 1.165) is 22.6 Å². The fraction of sp³-hybridized carbons (Fsp3) is 0.250. The molecule has 1 N–H and O–H groups in total. The summed E-state index contributed by atoms with van der Waals surface area (Å²) in [7, 11) is 1.53. The van der Waals surface area contributed by atoms with Gasteiger partial charge in [-0.1, -0.05) is 23.2 Å². The Bertz CT molecular complexity index is 1290. The largest absolute Gasteiger partial charge is 0.467 e. The number of aromatic nitrogens is 2. The van der Waals surface area contributed by atoms with Gasteiger partial charge >= 0.3 is 0 Å². The van der Waals surface area contributed by atoms with Crippen LogP contribution in [0.4, 0.5) is 0 Å². The lowest BCUT2D eigenvalue weighted by Gasteiger charge is -2.11. The van der Waals surface area contributed by atoms with Crippen LogP contribution in [0.2, 0.25) is 10.0 Å². The molecule has 34 heavy (non-hydrogen) atoms. The third-order valence-electron chi connectivity index (χ3n) is 4.97. The van der Waals surface area contributed by atoms with Crippen LogP contribution in [0.15, 0.2) is 35.4 Å². The number of ether oxygens (including phenoxy) is 2. The minimum absolute atomic E-state index is 0.0823. The van der Waals surface area contributed by atoms with Crippen molar-refractivity contribution in [2.24, 2.45) is 5.10 Å². The van der Waals surface area contributed by atoms with Gasteiger partial charge in [0.15, 0.2) is 6.61 Å². The van der Waals surface area contributed by atoms with Gasteiger partial charge in [-0.15, -0.1) is 0 Å². The van der Waals surface area contributed by atoms with Gasteiger partial charge < -0.3 is 14.0 Å². The number of hydrogen-bond acceptors (Lipinski definition) is 6. The molecule has 0 saturated carbocycles. The van der Waals surface area contributed by atoms with E-state index >= 15 is 0 Å². The molecular formula is C24H23Cl2N5O3. The Morgan fingerprint density at radius 1 is 1.24 bits per heavy atom. The SMILES string of the molecule is COCc1cc(C)nc(OCC(=O)N/N=C/c2cc(C)n(-c3ccc(Cl)c(Cl)c3)c2C)c1C#N. The van der Waals surface area contributed by atoms with Gasteiger partial charge in [-0.3, -0.25) is 4.79 Å². The number of carbonyl (C=O) groups is 1. The summed E-state index contributed by atoms with van der Waals surface area (Å²) in [6.45, 7) is 5.55. The van der Waals surface area contributed by atoms with Crippen molar-refractivity contribution in [2.45, 2.75) is 27.4 Å². The van der Waals surface area contributed by atoms with Crippen LogP contribution in [0.25, 0.3) is 5.69 Å². The van der Waals surface area contributed by atoms with Crippen LogP contribution in [-0.2, 0) is 16.1 Å². The summed E-state index contributed by atoms with van der Waals surface area (Å²) < 4.78 is 12.6. The molecule has 2 heterocycles. The zero-order valence-corrected chi connectivity index (χ0v) is 20.7. The summed E-state index contributed by atoms with van der Waals surface area (Å²) in [5, 5.41) is 14.4. The number of carbonyl (C=O) groups excluding carboxylic acids is 1. The Morgan fingerprint density at radius 3 is 2.68 bits per heavy atom. The van der Waals surface area contributed by atoms with Crippen molar-refractivity contribution in [1.82, 2.24) is 15.0 Å². The minimum Gasteiger partial charge on any atom is -0.467 e. The van der Waals surface area contributed by atoms with Crippen molar-refractivity contribution >= 4 is 35.3 Å². The molecule has 0 atom stereocenters. The molecule has 0 aliphatic rings. The van der Waals surface area contributed by atoms with E-state index in [1.54, 1.807) is 31.3 Å². The summed E-state index contributed by atoms with van der Waals surface area (Å²) in [5.41, 5.74) is 7.52. The third-order valence-corrected chi connectivity index (χ3v) is 5.71. The number of hydrazone groups is 1. The summed E-state index contributed by atoms with van der Waals surface area (Å²) in [4.78, 5) is 16.4. The first kappa shape index (κ1) is 25.2. The number of hydrogen-bond donors (Lipinski definition) is 1. The Hall–Kier alpha value is -3.38. The number of halogens is 2. The topological polar surface area (TPSA) is 102 Å². The molecule has 0 spiro atoms. The lowest BCUT2D eigenvalue weighted by Crippen LogP contribution is -2.25. The number of methoxy groups -OCH3 is 1. The number of nitrogens with one attached hydrogen (secondary N) is 1. The number of rotatable bonds is 8. The van der Waals surface area contributed by atoms with Gasteiger partial charge in [0.2, 0.25) is 5.88 Å². The standard InChI is InChI=1S/C24H23Cl2N5O3/c1-14-7-18(12-33-4)20(10-27)24(29-14)34-13-23(32)30-28-11-17-8-15(2)31(16(17)3)19-5-6-21(25)22(26)9-19/h5-9,11H,12-13H2,1-4H3,(H,30,32)/b28-11+. The predicted molar refractivity (Wildman–Crippen MR) is 131 cm³/mol. The number of aryl methyl sites for hydroxylation is 2. The molecule has 0 saturated heterocycles. The average molecular weight is 500 g/mol. The van der Waals surface area contributed by atoms with Crippen LogP contribution in [-0.4, -0.2) is 35.4 Å². The zero-order valence-electron chi connectivity index (χ0n) is 19.1. The number of benzene rings is 1. The van der Waals surface area contributed by atoms with Gasteiger partial charge in [-0.2, -0.15) is 10.4 Å². The van der Waals surface area contributed by atoms with Crippen molar-refractivity contribution in [3.63, 3.8) is 0 Å². The summed E-state index contributed by atoms with van der Waals surface area (Å²) in [6, 6.07) is 11.1. The van der Waals surface area contributed by atoms with E-state index in [2.05, 4.69) is 21.6 Å². The van der Waals surface area contributed by atoms with E-state index in [1.165, 1.54) is 7.11 Å². The predicted octanol–water partition coefficient (Wildman–Crippen LogP) is 4.65. The molecule has 10 heteroatoms. The summed E-state index contributed by atoms with van der Waals surface area (Å²) in [6.07, 6.45) is 1.55. The van der Waals surface area contributed by atoms with E-state index in [-0.39, 0.29) is 24.7 Å². The highest BCUT2D eigenvalue weighted by atomic mass is 35.5. The van der Waals surface area contributed by atoms with Gasteiger partial charge in [-0.25, -0.2) is 10.4 Å². The molecule has 3 rings (SSSR count). The van der Waals surface area contributed by atoms with E-state index in [9.17, 15) is 10.1 Å². The van der Waals surface area contributed by atoms with Gasteiger partial charge in [-0.05, 0) is 51.1 Å². The Kier molecular flexibility index (Phi) is 8.29. The van der Waals surface area contributed by atoms with Crippen molar-refractivity contribution in [3.05, 3.63) is 74.1 Å². The van der Waals surface area contributed by atoms with Crippen molar-refractivity contribution in [2.75, 3.05) is 13.7 Å². The van der Waals surface area contributed by atoms with Crippen molar-refractivity contribution in [1.29, 1.82) is 5.26 Å². The van der Waals surface area contributed by atoms with Gasteiger partial charge in [0.25, 0.3) is 5.91 Å². The molecule has 0 unspecified atom stereocenters. The molecular weight excluding hydrogens is 477 g/mol. The van der Waals surface area contributed by atoms with E-state index in [1.807, 2.05) is 30.5 Å². The van der Waals surface area contributed by atoms with Crippen LogP contribution in [0, 0.1) is 32.1 Å². The number of pyridine rings is 1. The van der Waals surface area contributed by atoms with Crippen LogP contribution >= 0.6 is 23.2 Å². The number of nitrogens with zero attached hydrogens (tertiary/aromatic N) is 4.